The first-order valence-corrected chi connectivity index (χ1v) is 7.10. The highest BCUT2D eigenvalue weighted by molar-refractivity contribution is 7.94. The Hall–Kier alpha value is -1.97. The van der Waals surface area contributed by atoms with Crippen molar-refractivity contribution in [2.75, 3.05) is 17.6 Å². The third-order valence-corrected chi connectivity index (χ3v) is 4.26. The van der Waals surface area contributed by atoms with Gasteiger partial charge in [-0.25, -0.2) is 8.42 Å². The second-order valence-corrected chi connectivity index (χ2v) is 6.11. The largest absolute Gasteiger partial charge is 0.468 e. The van der Waals surface area contributed by atoms with Crippen molar-refractivity contribution in [2.24, 2.45) is 0 Å². The lowest BCUT2D eigenvalue weighted by Gasteiger charge is -2.15. The summed E-state index contributed by atoms with van der Waals surface area (Å²) in [6, 6.07) is 2.15. The number of carbonyl (C=O) groups excluding carboxylic acids is 1. The Morgan fingerprint density at radius 2 is 1.95 bits per heavy atom. The zero-order valence-corrected chi connectivity index (χ0v) is 11.9. The molecule has 0 spiro atoms. The quantitative estimate of drug-likeness (QED) is 0.647. The molecule has 0 heterocycles. The number of methoxy groups -OCH3 is 1. The van der Waals surface area contributed by atoms with Crippen LogP contribution in [0.1, 0.15) is 12.5 Å². The van der Waals surface area contributed by atoms with Gasteiger partial charge in [-0.05, 0) is 25.1 Å². The summed E-state index contributed by atoms with van der Waals surface area (Å²) in [6.07, 6.45) is -4.59. The van der Waals surface area contributed by atoms with Crippen molar-refractivity contribution in [1.29, 1.82) is 0 Å². The number of sulfonamides is 1. The number of carbonyl (C=O) groups is 1. The smallest absolute Gasteiger partial charge is 0.416 e. The monoisotopic (exact) mass is 326 g/mol. The van der Waals surface area contributed by atoms with Gasteiger partial charge in [0.15, 0.2) is 5.25 Å². The SMILES string of the molecule is COC(=O)C(C)S(=O)(=O)Nc1ccc(C(F)(F)F)cc1N. The van der Waals surface area contributed by atoms with Crippen LogP contribution in [0.5, 0.6) is 0 Å². The molecule has 0 saturated heterocycles. The number of nitrogens with one attached hydrogen (secondary N) is 1. The number of nitrogen functional groups attached to an aromatic ring is 1. The maximum atomic E-state index is 12.5. The highest BCUT2D eigenvalue weighted by atomic mass is 32.2. The van der Waals surface area contributed by atoms with Gasteiger partial charge >= 0.3 is 12.1 Å². The molecule has 1 unspecified atom stereocenters. The van der Waals surface area contributed by atoms with E-state index in [1.165, 1.54) is 0 Å². The summed E-state index contributed by atoms with van der Waals surface area (Å²) in [4.78, 5) is 11.2. The van der Waals surface area contributed by atoms with Crippen LogP contribution in [0.3, 0.4) is 0 Å². The fraction of sp³-hybridized carbons (Fsp3) is 0.364. The molecule has 0 saturated carbocycles. The van der Waals surface area contributed by atoms with E-state index >= 15 is 0 Å². The van der Waals surface area contributed by atoms with Crippen LogP contribution in [-0.2, 0) is 25.7 Å². The number of esters is 1. The summed E-state index contributed by atoms with van der Waals surface area (Å²) in [5, 5.41) is -1.54. The lowest BCUT2D eigenvalue weighted by molar-refractivity contribution is -0.140. The van der Waals surface area contributed by atoms with E-state index in [-0.39, 0.29) is 5.69 Å². The van der Waals surface area contributed by atoms with E-state index in [4.69, 9.17) is 5.73 Å². The van der Waals surface area contributed by atoms with Crippen LogP contribution in [0.15, 0.2) is 18.2 Å². The average molecular weight is 326 g/mol. The fourth-order valence-corrected chi connectivity index (χ4v) is 2.39. The Kier molecular flexibility index (Phi) is 4.72. The van der Waals surface area contributed by atoms with Crippen LogP contribution in [0, 0.1) is 0 Å². The molecule has 0 aliphatic heterocycles. The normalized spacial score (nSPS) is 13.6. The molecule has 21 heavy (non-hydrogen) atoms. The van der Waals surface area contributed by atoms with Gasteiger partial charge in [-0.3, -0.25) is 9.52 Å². The van der Waals surface area contributed by atoms with Gasteiger partial charge in [-0.1, -0.05) is 0 Å². The first-order valence-electron chi connectivity index (χ1n) is 5.55. The molecule has 0 aromatic heterocycles. The van der Waals surface area contributed by atoms with Crippen molar-refractivity contribution >= 4 is 27.4 Å². The Balaban J connectivity index is 3.07. The predicted octanol–water partition coefficient (Wildman–Crippen LogP) is 1.59. The second-order valence-electron chi connectivity index (χ2n) is 4.11. The van der Waals surface area contributed by atoms with Gasteiger partial charge in [0, 0.05) is 0 Å². The molecular formula is C11H13F3N2O4S. The predicted molar refractivity (Wildman–Crippen MR) is 69.9 cm³/mol. The van der Waals surface area contributed by atoms with Crippen molar-refractivity contribution in [1.82, 2.24) is 0 Å². The highest BCUT2D eigenvalue weighted by Crippen LogP contribution is 2.33. The molecule has 10 heteroatoms. The zero-order chi connectivity index (χ0) is 16.4. The molecule has 0 aliphatic carbocycles. The molecule has 118 valence electrons. The summed E-state index contributed by atoms with van der Waals surface area (Å²) in [5.74, 6) is -1.01. The highest BCUT2D eigenvalue weighted by Gasteiger charge is 2.32. The molecule has 0 fully saturated rings. The van der Waals surface area contributed by atoms with E-state index in [0.717, 1.165) is 20.1 Å². The lowest BCUT2D eigenvalue weighted by Crippen LogP contribution is -2.33. The average Bonchev–Trinajstić information content (AvgIpc) is 2.37. The molecule has 1 rings (SSSR count). The molecule has 6 nitrogen and oxygen atoms in total. The Morgan fingerprint density at radius 1 is 1.38 bits per heavy atom. The van der Waals surface area contributed by atoms with Gasteiger partial charge in [0.05, 0.1) is 24.0 Å². The molecule has 1 aromatic carbocycles. The maximum absolute atomic E-state index is 12.5. The number of hydrogen-bond donors (Lipinski definition) is 2. The van der Waals surface area contributed by atoms with Crippen LogP contribution < -0.4 is 10.5 Å². The number of halogens is 3. The summed E-state index contributed by atoms with van der Waals surface area (Å²) in [5.41, 5.74) is 3.72. The first kappa shape index (κ1) is 17.1. The van der Waals surface area contributed by atoms with E-state index in [9.17, 15) is 26.4 Å². The van der Waals surface area contributed by atoms with Crippen molar-refractivity contribution in [3.05, 3.63) is 23.8 Å². The van der Waals surface area contributed by atoms with E-state index in [0.29, 0.717) is 12.1 Å². The maximum Gasteiger partial charge on any atom is 0.416 e. The third-order valence-electron chi connectivity index (χ3n) is 2.63. The standard InChI is InChI=1S/C11H13F3N2O4S/c1-6(10(17)20-2)21(18,19)16-9-4-3-7(5-8(9)15)11(12,13)14/h3-6,16H,15H2,1-2H3. The van der Waals surface area contributed by atoms with Crippen LogP contribution in [0.4, 0.5) is 24.5 Å². The van der Waals surface area contributed by atoms with E-state index < -0.39 is 38.7 Å². The van der Waals surface area contributed by atoms with Crippen molar-refractivity contribution < 1.29 is 31.1 Å². The molecule has 0 radical (unpaired) electrons. The van der Waals surface area contributed by atoms with Gasteiger partial charge in [-0.2, -0.15) is 13.2 Å². The summed E-state index contributed by atoms with van der Waals surface area (Å²) >= 11 is 0. The number of anilines is 2. The Labute approximate surface area is 119 Å². The van der Waals surface area contributed by atoms with E-state index in [1.807, 2.05) is 4.72 Å². The van der Waals surface area contributed by atoms with Crippen molar-refractivity contribution in [3.8, 4) is 0 Å². The molecule has 0 bridgehead atoms. The number of hydrogen-bond acceptors (Lipinski definition) is 5. The summed E-state index contributed by atoms with van der Waals surface area (Å²) in [6.45, 7) is 1.08. The molecular weight excluding hydrogens is 313 g/mol. The van der Waals surface area contributed by atoms with Crippen LogP contribution in [0.2, 0.25) is 0 Å². The fourth-order valence-electron chi connectivity index (χ4n) is 1.37. The first-order chi connectivity index (χ1) is 9.49. The minimum Gasteiger partial charge on any atom is -0.468 e. The molecule has 1 aromatic rings. The zero-order valence-electron chi connectivity index (χ0n) is 11.1. The molecule has 0 aliphatic rings. The van der Waals surface area contributed by atoms with Gasteiger partial charge in [-0.15, -0.1) is 0 Å². The minimum atomic E-state index is -4.59. The summed E-state index contributed by atoms with van der Waals surface area (Å²) in [7, 11) is -3.17. The molecule has 3 N–H and O–H groups in total. The topological polar surface area (TPSA) is 98.5 Å². The van der Waals surface area contributed by atoms with Gasteiger partial charge in [0.25, 0.3) is 0 Å². The van der Waals surface area contributed by atoms with E-state index in [2.05, 4.69) is 4.74 Å². The lowest BCUT2D eigenvalue weighted by atomic mass is 10.2. The Morgan fingerprint density at radius 3 is 2.38 bits per heavy atom. The van der Waals surface area contributed by atoms with Crippen molar-refractivity contribution in [3.63, 3.8) is 0 Å². The Bertz CT molecular complexity index is 643. The van der Waals surface area contributed by atoms with Crippen LogP contribution >= 0.6 is 0 Å². The van der Waals surface area contributed by atoms with Gasteiger partial charge in [0.2, 0.25) is 10.0 Å². The van der Waals surface area contributed by atoms with Gasteiger partial charge in [0.1, 0.15) is 0 Å². The number of rotatable bonds is 4. The van der Waals surface area contributed by atoms with Gasteiger partial charge < -0.3 is 10.5 Å². The van der Waals surface area contributed by atoms with Crippen LogP contribution in [-0.4, -0.2) is 26.7 Å². The number of benzene rings is 1. The molecule has 0 amide bonds. The molecule has 1 atom stereocenters. The van der Waals surface area contributed by atoms with Crippen LogP contribution in [0.25, 0.3) is 0 Å². The third kappa shape index (κ3) is 4.00. The summed E-state index contributed by atoms with van der Waals surface area (Å²) < 4.78 is 67.3. The van der Waals surface area contributed by atoms with Crippen molar-refractivity contribution in [2.45, 2.75) is 18.3 Å². The number of ether oxygens (including phenoxy) is 1. The second kappa shape index (κ2) is 5.80. The van der Waals surface area contributed by atoms with E-state index in [1.54, 1.807) is 0 Å². The number of nitrogens with two attached hydrogens (primary N) is 1. The minimum absolute atomic E-state index is 0.251. The number of alkyl halides is 3.